The number of hydrogen-bond acceptors (Lipinski definition) is 9. The Morgan fingerprint density at radius 2 is 1.82 bits per heavy atom. The predicted octanol–water partition coefficient (Wildman–Crippen LogP) is 7.36. The Balaban J connectivity index is 1.57. The van der Waals surface area contributed by atoms with Crippen LogP contribution < -0.4 is 25.1 Å². The molecule has 0 fully saturated rings. The molecule has 0 aliphatic carbocycles. The van der Waals surface area contributed by atoms with Gasteiger partial charge in [0.2, 0.25) is 5.75 Å². The molecule has 12 nitrogen and oxygen atoms in total. The van der Waals surface area contributed by atoms with Crippen LogP contribution in [0, 0.1) is 17.0 Å². The molecular weight excluding hydrogens is 650 g/mol. The van der Waals surface area contributed by atoms with Gasteiger partial charge in [-0.15, -0.1) is 0 Å². The number of amides is 1. The maximum absolute atomic E-state index is 13.9. The quantitative estimate of drug-likeness (QED) is 0.0815. The number of nitro benzene ring substituents is 1. The third-order valence-corrected chi connectivity index (χ3v) is 7.80. The number of nitro groups is 1. The highest BCUT2D eigenvalue weighted by atomic mass is 35.5. The van der Waals surface area contributed by atoms with Crippen LogP contribution in [0.1, 0.15) is 43.4 Å². The van der Waals surface area contributed by atoms with Crippen LogP contribution in [0.2, 0.25) is 5.02 Å². The third kappa shape index (κ3) is 7.71. The van der Waals surface area contributed by atoms with Gasteiger partial charge >= 0.3 is 5.69 Å². The van der Waals surface area contributed by atoms with E-state index in [-0.39, 0.29) is 35.4 Å². The molecule has 5 rings (SSSR count). The van der Waals surface area contributed by atoms with Crippen LogP contribution in [0.4, 0.5) is 11.4 Å². The van der Waals surface area contributed by atoms with E-state index in [2.05, 4.69) is 10.4 Å². The van der Waals surface area contributed by atoms with Gasteiger partial charge in [-0.05, 0) is 85.5 Å². The molecule has 0 saturated heterocycles. The monoisotopic (exact) mass is 683 g/mol. The van der Waals surface area contributed by atoms with E-state index in [1.54, 1.807) is 62.6 Å². The zero-order chi connectivity index (χ0) is 35.2. The number of carbonyl (C=O) groups is 1. The van der Waals surface area contributed by atoms with Crippen molar-refractivity contribution in [2.75, 3.05) is 25.6 Å². The SMILES string of the molecule is CCOc1cc(C=Nn2c(-c3cc(C(C)C)c(OC)cc3C)nc3ccccc3c2=O)cc([N+](=O)[O-])c1OCC(=O)Nc1ccc(Cl)cc1. The summed E-state index contributed by atoms with van der Waals surface area (Å²) >= 11 is 5.90. The Morgan fingerprint density at radius 3 is 2.49 bits per heavy atom. The smallest absolute Gasteiger partial charge is 0.315 e. The number of rotatable bonds is 12. The molecule has 0 aliphatic rings. The van der Waals surface area contributed by atoms with E-state index in [1.165, 1.54) is 23.0 Å². The van der Waals surface area contributed by atoms with Gasteiger partial charge in [-0.25, -0.2) is 4.98 Å². The number of fused-ring (bicyclic) bond motifs is 1. The number of nitrogens with zero attached hydrogens (tertiary/aromatic N) is 4. The minimum atomic E-state index is -0.643. The van der Waals surface area contributed by atoms with Crippen LogP contribution in [0.5, 0.6) is 17.2 Å². The summed E-state index contributed by atoms with van der Waals surface area (Å²) in [5.41, 5.74) is 2.74. The summed E-state index contributed by atoms with van der Waals surface area (Å²) in [5.74, 6) is 0.364. The molecule has 0 saturated carbocycles. The van der Waals surface area contributed by atoms with Crippen molar-refractivity contribution in [2.24, 2.45) is 5.10 Å². The summed E-state index contributed by atoms with van der Waals surface area (Å²) in [6.45, 7) is 7.30. The lowest BCUT2D eigenvalue weighted by Gasteiger charge is -2.17. The van der Waals surface area contributed by atoms with Crippen LogP contribution >= 0.6 is 11.6 Å². The average molecular weight is 684 g/mol. The van der Waals surface area contributed by atoms with E-state index in [9.17, 15) is 19.7 Å². The summed E-state index contributed by atoms with van der Waals surface area (Å²) < 4.78 is 18.1. The Labute approximate surface area is 287 Å². The lowest BCUT2D eigenvalue weighted by molar-refractivity contribution is -0.385. The molecule has 0 spiro atoms. The van der Waals surface area contributed by atoms with Crippen LogP contribution in [0.3, 0.4) is 0 Å². The van der Waals surface area contributed by atoms with Gasteiger partial charge in [0.15, 0.2) is 18.2 Å². The van der Waals surface area contributed by atoms with Gasteiger partial charge in [-0.2, -0.15) is 9.78 Å². The van der Waals surface area contributed by atoms with Crippen molar-refractivity contribution < 1.29 is 23.9 Å². The number of halogens is 1. The van der Waals surface area contributed by atoms with Gasteiger partial charge in [0.1, 0.15) is 5.75 Å². The highest BCUT2D eigenvalue weighted by Crippen LogP contribution is 2.39. The standard InChI is InChI=1S/C36H34ClN5O7/c1-6-48-32-17-23(16-30(42(45)46)34(32)49-20-33(43)39-25-13-11-24(37)12-14-25)19-38-41-35(40-29-10-8-7-9-26(29)36(41)44)28-18-27(21(2)3)31(47-5)15-22(28)4/h7-19,21H,6,20H2,1-5H3,(H,39,43). The summed E-state index contributed by atoms with van der Waals surface area (Å²) in [6, 6.07) is 20.0. The first kappa shape index (κ1) is 34.6. The number of benzene rings is 4. The van der Waals surface area contributed by atoms with Crippen molar-refractivity contribution in [2.45, 2.75) is 33.6 Å². The van der Waals surface area contributed by atoms with Crippen LogP contribution in [0.25, 0.3) is 22.3 Å². The number of nitrogens with one attached hydrogen (secondary N) is 1. The summed E-state index contributed by atoms with van der Waals surface area (Å²) in [6.07, 6.45) is 1.32. The van der Waals surface area contributed by atoms with Gasteiger partial charge in [0.05, 0.1) is 35.8 Å². The first-order valence-corrected chi connectivity index (χ1v) is 15.8. The number of methoxy groups -OCH3 is 1. The molecule has 5 aromatic rings. The fraction of sp³-hybridized carbons (Fsp3) is 0.222. The average Bonchev–Trinajstić information content (AvgIpc) is 3.08. The molecule has 0 aliphatic heterocycles. The third-order valence-electron chi connectivity index (χ3n) is 7.55. The summed E-state index contributed by atoms with van der Waals surface area (Å²) in [4.78, 5) is 42.9. The zero-order valence-electron chi connectivity index (χ0n) is 27.5. The maximum Gasteiger partial charge on any atom is 0.315 e. The van der Waals surface area contributed by atoms with E-state index in [1.807, 2.05) is 32.9 Å². The van der Waals surface area contributed by atoms with Gasteiger partial charge in [0.25, 0.3) is 11.5 Å². The number of anilines is 1. The number of aryl methyl sites for hydroxylation is 1. The molecule has 49 heavy (non-hydrogen) atoms. The lowest BCUT2D eigenvalue weighted by atomic mass is 9.96. The van der Waals surface area contributed by atoms with Gasteiger partial charge in [-0.1, -0.05) is 37.6 Å². The van der Waals surface area contributed by atoms with Gasteiger partial charge in [-0.3, -0.25) is 19.7 Å². The fourth-order valence-electron chi connectivity index (χ4n) is 5.19. The summed E-state index contributed by atoms with van der Waals surface area (Å²) in [5, 5.41) is 20.2. The first-order valence-electron chi connectivity index (χ1n) is 15.4. The molecule has 0 radical (unpaired) electrons. The second kappa shape index (κ2) is 15.0. The Morgan fingerprint density at radius 1 is 1.08 bits per heavy atom. The highest BCUT2D eigenvalue weighted by Gasteiger charge is 2.24. The largest absolute Gasteiger partial charge is 0.496 e. The van der Waals surface area contributed by atoms with Crippen LogP contribution in [0.15, 0.2) is 82.7 Å². The molecule has 0 atom stereocenters. The van der Waals surface area contributed by atoms with Crippen molar-refractivity contribution in [3.63, 3.8) is 0 Å². The molecule has 252 valence electrons. The Hall–Kier alpha value is -5.75. The molecule has 13 heteroatoms. The van der Waals surface area contributed by atoms with Crippen LogP contribution in [-0.2, 0) is 4.79 Å². The maximum atomic E-state index is 13.9. The molecule has 1 aromatic heterocycles. The number of para-hydroxylation sites is 1. The van der Waals surface area contributed by atoms with Crippen molar-refractivity contribution in [3.8, 4) is 28.6 Å². The van der Waals surface area contributed by atoms with Gasteiger partial charge < -0.3 is 19.5 Å². The van der Waals surface area contributed by atoms with E-state index in [4.69, 9.17) is 30.8 Å². The normalized spacial score (nSPS) is 11.2. The minimum absolute atomic E-state index is 0.0224. The molecule has 0 unspecified atom stereocenters. The fourth-order valence-corrected chi connectivity index (χ4v) is 5.32. The molecule has 1 amide bonds. The number of hydrogen-bond donors (Lipinski definition) is 1. The molecular formula is C36H34ClN5O7. The van der Waals surface area contributed by atoms with Crippen molar-refractivity contribution in [3.05, 3.63) is 115 Å². The predicted molar refractivity (Wildman–Crippen MR) is 190 cm³/mol. The Bertz CT molecular complexity index is 2130. The van der Waals surface area contributed by atoms with E-state index >= 15 is 0 Å². The minimum Gasteiger partial charge on any atom is -0.496 e. The van der Waals surface area contributed by atoms with E-state index < -0.39 is 28.7 Å². The molecule has 4 aromatic carbocycles. The lowest BCUT2D eigenvalue weighted by Crippen LogP contribution is -2.21. The second-order valence-electron chi connectivity index (χ2n) is 11.3. The number of aromatic nitrogens is 2. The van der Waals surface area contributed by atoms with Gasteiger partial charge in [0, 0.05) is 27.9 Å². The molecule has 0 bridgehead atoms. The topological polar surface area (TPSA) is 147 Å². The number of ether oxygens (including phenoxy) is 3. The first-order chi connectivity index (χ1) is 23.5. The van der Waals surface area contributed by atoms with Crippen molar-refractivity contribution >= 4 is 46.0 Å². The van der Waals surface area contributed by atoms with Crippen molar-refractivity contribution in [1.82, 2.24) is 9.66 Å². The van der Waals surface area contributed by atoms with E-state index in [0.29, 0.717) is 27.2 Å². The van der Waals surface area contributed by atoms with E-state index in [0.717, 1.165) is 16.9 Å². The zero-order valence-corrected chi connectivity index (χ0v) is 28.3. The number of carbonyl (C=O) groups excluding carboxylic acids is 1. The molecule has 1 heterocycles. The molecule has 1 N–H and O–H groups in total. The Kier molecular flexibility index (Phi) is 10.6. The van der Waals surface area contributed by atoms with Crippen LogP contribution in [-0.4, -0.2) is 47.0 Å². The summed E-state index contributed by atoms with van der Waals surface area (Å²) in [7, 11) is 1.61. The highest BCUT2D eigenvalue weighted by molar-refractivity contribution is 6.30. The second-order valence-corrected chi connectivity index (χ2v) is 11.7. The van der Waals surface area contributed by atoms with Crippen molar-refractivity contribution in [1.29, 1.82) is 0 Å².